The normalized spacial score (nSPS) is 12.2. The number of hydrogen-bond donors (Lipinski definition) is 3. The molecule has 4 N–H and O–H groups in total. The Morgan fingerprint density at radius 1 is 1.22 bits per heavy atom. The highest BCUT2D eigenvalue weighted by Crippen LogP contribution is 2.27. The van der Waals surface area contributed by atoms with Crippen molar-refractivity contribution >= 4 is 5.91 Å². The van der Waals surface area contributed by atoms with Crippen LogP contribution in [-0.4, -0.2) is 23.1 Å². The Hall–Kier alpha value is -2.33. The SMILES string of the molecule is Cc1cc(CC(N)C(=O)NC(C)C)ccc1-c1cccc(O)c1. The van der Waals surface area contributed by atoms with Crippen molar-refractivity contribution in [1.82, 2.24) is 5.32 Å². The van der Waals surface area contributed by atoms with E-state index in [0.29, 0.717) is 6.42 Å². The second-order valence-electron chi connectivity index (χ2n) is 6.17. The van der Waals surface area contributed by atoms with E-state index >= 15 is 0 Å². The van der Waals surface area contributed by atoms with Crippen LogP contribution < -0.4 is 11.1 Å². The number of carbonyl (C=O) groups is 1. The Labute approximate surface area is 137 Å². The Morgan fingerprint density at radius 2 is 1.96 bits per heavy atom. The summed E-state index contributed by atoms with van der Waals surface area (Å²) < 4.78 is 0. The lowest BCUT2D eigenvalue weighted by Crippen LogP contribution is -2.44. The van der Waals surface area contributed by atoms with Gasteiger partial charge >= 0.3 is 0 Å². The summed E-state index contributed by atoms with van der Waals surface area (Å²) in [6, 6.07) is 12.7. The topological polar surface area (TPSA) is 75.4 Å². The highest BCUT2D eigenvalue weighted by Gasteiger charge is 2.15. The molecule has 0 radical (unpaired) electrons. The second kappa shape index (κ2) is 7.29. The fourth-order valence-electron chi connectivity index (χ4n) is 2.59. The molecule has 1 atom stereocenters. The molecule has 0 heterocycles. The average molecular weight is 312 g/mol. The van der Waals surface area contributed by atoms with Crippen LogP contribution in [0.4, 0.5) is 0 Å². The number of phenols is 1. The van der Waals surface area contributed by atoms with Crippen molar-refractivity contribution in [3.63, 3.8) is 0 Å². The quantitative estimate of drug-likeness (QED) is 0.794. The number of aryl methyl sites for hydroxylation is 1. The van der Waals surface area contributed by atoms with E-state index in [4.69, 9.17) is 5.73 Å². The van der Waals surface area contributed by atoms with Crippen LogP contribution in [0, 0.1) is 6.92 Å². The van der Waals surface area contributed by atoms with E-state index in [9.17, 15) is 9.90 Å². The van der Waals surface area contributed by atoms with Crippen LogP contribution in [0.15, 0.2) is 42.5 Å². The molecule has 2 aromatic carbocycles. The van der Waals surface area contributed by atoms with Gasteiger partial charge in [-0.05, 0) is 61.6 Å². The Morgan fingerprint density at radius 3 is 2.57 bits per heavy atom. The maximum Gasteiger partial charge on any atom is 0.237 e. The number of carbonyl (C=O) groups excluding carboxylic acids is 1. The van der Waals surface area contributed by atoms with Crippen LogP contribution in [0.5, 0.6) is 5.75 Å². The highest BCUT2D eigenvalue weighted by molar-refractivity contribution is 5.82. The molecule has 0 aromatic heterocycles. The molecule has 122 valence electrons. The minimum absolute atomic E-state index is 0.0865. The molecular formula is C19H24N2O2. The van der Waals surface area contributed by atoms with E-state index in [2.05, 4.69) is 5.32 Å². The minimum atomic E-state index is -0.552. The summed E-state index contributed by atoms with van der Waals surface area (Å²) >= 11 is 0. The fourth-order valence-corrected chi connectivity index (χ4v) is 2.59. The van der Waals surface area contributed by atoms with Gasteiger partial charge in [-0.15, -0.1) is 0 Å². The zero-order valence-corrected chi connectivity index (χ0v) is 13.8. The monoisotopic (exact) mass is 312 g/mol. The summed E-state index contributed by atoms with van der Waals surface area (Å²) in [5, 5.41) is 12.4. The van der Waals surface area contributed by atoms with Crippen molar-refractivity contribution in [2.24, 2.45) is 5.73 Å². The molecule has 2 rings (SSSR count). The lowest BCUT2D eigenvalue weighted by atomic mass is 9.96. The first-order chi connectivity index (χ1) is 10.9. The van der Waals surface area contributed by atoms with E-state index in [1.165, 1.54) is 0 Å². The standard InChI is InChI=1S/C19H24N2O2/c1-12(2)21-19(23)18(20)10-14-7-8-17(13(3)9-14)15-5-4-6-16(22)11-15/h4-9,11-12,18,22H,10,20H2,1-3H3,(H,21,23). The zero-order chi connectivity index (χ0) is 17.0. The predicted molar refractivity (Wildman–Crippen MR) is 93.2 cm³/mol. The minimum Gasteiger partial charge on any atom is -0.508 e. The largest absolute Gasteiger partial charge is 0.508 e. The first-order valence-corrected chi connectivity index (χ1v) is 7.81. The van der Waals surface area contributed by atoms with Crippen LogP contribution in [0.25, 0.3) is 11.1 Å². The smallest absolute Gasteiger partial charge is 0.237 e. The Kier molecular flexibility index (Phi) is 5.40. The third kappa shape index (κ3) is 4.57. The molecule has 0 aliphatic heterocycles. The Balaban J connectivity index is 2.15. The van der Waals surface area contributed by atoms with Gasteiger partial charge in [0.1, 0.15) is 5.75 Å². The summed E-state index contributed by atoms with van der Waals surface area (Å²) in [6.07, 6.45) is 0.500. The number of nitrogens with two attached hydrogens (primary N) is 1. The van der Waals surface area contributed by atoms with E-state index in [1.807, 2.05) is 51.1 Å². The summed E-state index contributed by atoms with van der Waals surface area (Å²) in [4.78, 5) is 11.9. The van der Waals surface area contributed by atoms with Gasteiger partial charge in [0, 0.05) is 6.04 Å². The molecule has 4 nitrogen and oxygen atoms in total. The molecular weight excluding hydrogens is 288 g/mol. The van der Waals surface area contributed by atoms with Gasteiger partial charge in [-0.3, -0.25) is 4.79 Å². The van der Waals surface area contributed by atoms with Crippen molar-refractivity contribution in [1.29, 1.82) is 0 Å². The number of amides is 1. The van der Waals surface area contributed by atoms with Gasteiger partial charge < -0.3 is 16.2 Å². The molecule has 23 heavy (non-hydrogen) atoms. The Bertz CT molecular complexity index is 696. The summed E-state index contributed by atoms with van der Waals surface area (Å²) in [7, 11) is 0. The molecule has 0 saturated heterocycles. The van der Waals surface area contributed by atoms with E-state index in [-0.39, 0.29) is 17.7 Å². The molecule has 4 heteroatoms. The van der Waals surface area contributed by atoms with Crippen LogP contribution in [0.1, 0.15) is 25.0 Å². The highest BCUT2D eigenvalue weighted by atomic mass is 16.3. The van der Waals surface area contributed by atoms with E-state index in [1.54, 1.807) is 12.1 Å². The maximum atomic E-state index is 11.9. The fraction of sp³-hybridized carbons (Fsp3) is 0.316. The van der Waals surface area contributed by atoms with E-state index in [0.717, 1.165) is 22.3 Å². The third-order valence-electron chi connectivity index (χ3n) is 3.67. The van der Waals surface area contributed by atoms with Gasteiger partial charge in [-0.2, -0.15) is 0 Å². The molecule has 0 spiro atoms. The van der Waals surface area contributed by atoms with Crippen molar-refractivity contribution < 1.29 is 9.90 Å². The second-order valence-corrected chi connectivity index (χ2v) is 6.17. The number of hydrogen-bond acceptors (Lipinski definition) is 3. The molecule has 2 aromatic rings. The summed E-state index contributed by atoms with van der Waals surface area (Å²) in [6.45, 7) is 5.85. The van der Waals surface area contributed by atoms with Gasteiger partial charge in [-0.25, -0.2) is 0 Å². The molecule has 0 saturated carbocycles. The van der Waals surface area contributed by atoms with Crippen molar-refractivity contribution in [3.05, 3.63) is 53.6 Å². The number of aromatic hydroxyl groups is 1. The first-order valence-electron chi connectivity index (χ1n) is 7.81. The number of benzene rings is 2. The van der Waals surface area contributed by atoms with Gasteiger partial charge in [0.25, 0.3) is 0 Å². The lowest BCUT2D eigenvalue weighted by molar-refractivity contribution is -0.122. The number of phenolic OH excluding ortho intramolecular Hbond substituents is 1. The van der Waals surface area contributed by atoms with Crippen LogP contribution in [0.3, 0.4) is 0 Å². The van der Waals surface area contributed by atoms with E-state index < -0.39 is 6.04 Å². The molecule has 0 fully saturated rings. The van der Waals surface area contributed by atoms with Crippen molar-refractivity contribution in [2.75, 3.05) is 0 Å². The molecule has 0 bridgehead atoms. The van der Waals surface area contributed by atoms with Gasteiger partial charge in [0.05, 0.1) is 6.04 Å². The summed E-state index contributed by atoms with van der Waals surface area (Å²) in [5.41, 5.74) is 10.1. The van der Waals surface area contributed by atoms with Gasteiger partial charge in [-0.1, -0.05) is 30.3 Å². The molecule has 0 aliphatic rings. The van der Waals surface area contributed by atoms with Crippen molar-refractivity contribution in [3.8, 4) is 16.9 Å². The predicted octanol–water partition coefficient (Wildman–Crippen LogP) is 2.76. The van der Waals surface area contributed by atoms with Gasteiger partial charge in [0.15, 0.2) is 0 Å². The zero-order valence-electron chi connectivity index (χ0n) is 13.8. The van der Waals surface area contributed by atoms with Crippen LogP contribution >= 0.6 is 0 Å². The summed E-state index contributed by atoms with van der Waals surface area (Å²) in [5.74, 6) is 0.119. The molecule has 1 amide bonds. The average Bonchev–Trinajstić information content (AvgIpc) is 2.46. The molecule has 0 aliphatic carbocycles. The maximum absolute atomic E-state index is 11.9. The third-order valence-corrected chi connectivity index (χ3v) is 3.67. The van der Waals surface area contributed by atoms with Gasteiger partial charge in [0.2, 0.25) is 5.91 Å². The molecule has 1 unspecified atom stereocenters. The first kappa shape index (κ1) is 17.0. The lowest BCUT2D eigenvalue weighted by Gasteiger charge is -2.15. The van der Waals surface area contributed by atoms with Crippen molar-refractivity contribution in [2.45, 2.75) is 39.3 Å². The van der Waals surface area contributed by atoms with Crippen LogP contribution in [-0.2, 0) is 11.2 Å². The van der Waals surface area contributed by atoms with Crippen LogP contribution in [0.2, 0.25) is 0 Å². The number of rotatable bonds is 5. The number of nitrogens with one attached hydrogen (secondary N) is 1.